The molecule has 1 saturated carbocycles. The zero-order valence-electron chi connectivity index (χ0n) is 37.9. The molecule has 0 unspecified atom stereocenters. The van der Waals surface area contributed by atoms with Gasteiger partial charge in [-0.2, -0.15) is 0 Å². The Balaban J connectivity index is 0.894. The Morgan fingerprint density at radius 2 is 0.897 bits per heavy atom. The van der Waals surface area contributed by atoms with E-state index in [1.165, 1.54) is 132 Å². The minimum Gasteiger partial charge on any atom is -0.310 e. The average Bonchev–Trinajstić information content (AvgIpc) is 3.85. The number of hydrogen-bond acceptors (Lipinski definition) is 1. The van der Waals surface area contributed by atoms with Crippen LogP contribution in [0.5, 0.6) is 0 Å². The van der Waals surface area contributed by atoms with Gasteiger partial charge in [-0.05, 0) is 134 Å². The molecule has 11 aromatic rings. The lowest BCUT2D eigenvalue weighted by molar-refractivity contribution is 0.353. The molecule has 2 heteroatoms. The van der Waals surface area contributed by atoms with Gasteiger partial charge in [0, 0.05) is 44.4 Å². The number of aromatic nitrogens is 1. The summed E-state index contributed by atoms with van der Waals surface area (Å²) in [5, 5.41) is 2.67. The smallest absolute Gasteiger partial charge is 0.0629 e. The van der Waals surface area contributed by atoms with Gasteiger partial charge in [-0.3, -0.25) is 0 Å². The first-order valence-corrected chi connectivity index (χ1v) is 24.4. The van der Waals surface area contributed by atoms with E-state index >= 15 is 0 Å². The maximum atomic E-state index is 2.64. The summed E-state index contributed by atoms with van der Waals surface area (Å²) in [6.07, 6.45) is 6.25. The van der Waals surface area contributed by atoms with E-state index in [4.69, 9.17) is 0 Å². The maximum Gasteiger partial charge on any atom is 0.0629 e. The highest BCUT2D eigenvalue weighted by Crippen LogP contribution is 2.63. The summed E-state index contributed by atoms with van der Waals surface area (Å²) < 4.78 is 2.61. The Bertz CT molecular complexity index is 3660. The van der Waals surface area contributed by atoms with Crippen LogP contribution in [0.1, 0.15) is 43.2 Å². The van der Waals surface area contributed by atoms with Crippen molar-refractivity contribution in [2.75, 3.05) is 4.90 Å². The third-order valence-corrected chi connectivity index (χ3v) is 15.5. The summed E-state index contributed by atoms with van der Waals surface area (Å²) in [5.74, 6) is 0. The SMILES string of the molecule is c1ccc(-c2cccc(N(c3ccc(-c4ccc(-c5cc6c7c8c5c5ccccc5n8-c5ccccc5-c5cccc(c5-7)C65CCCCC5)cc4)cc3)c3cccc(-c4ccccc4)c3)c2)cc1. The topological polar surface area (TPSA) is 8.17 Å². The van der Waals surface area contributed by atoms with Crippen molar-refractivity contribution in [1.82, 2.24) is 4.57 Å². The predicted octanol–water partition coefficient (Wildman–Crippen LogP) is 18.1. The van der Waals surface area contributed by atoms with Gasteiger partial charge in [0.25, 0.3) is 0 Å². The first kappa shape index (κ1) is 39.0. The first-order valence-electron chi connectivity index (χ1n) is 24.4. The first-order chi connectivity index (χ1) is 33.7. The van der Waals surface area contributed by atoms with Crippen molar-refractivity contribution in [2.45, 2.75) is 37.5 Å². The molecule has 14 rings (SSSR count). The number of hydrogen-bond donors (Lipinski definition) is 0. The van der Waals surface area contributed by atoms with Gasteiger partial charge >= 0.3 is 0 Å². The van der Waals surface area contributed by atoms with Crippen LogP contribution < -0.4 is 4.90 Å². The molecule has 0 saturated heterocycles. The molecule has 10 aromatic carbocycles. The van der Waals surface area contributed by atoms with Gasteiger partial charge in [0.1, 0.15) is 0 Å². The minimum absolute atomic E-state index is 0.0245. The fourth-order valence-electron chi connectivity index (χ4n) is 12.5. The monoisotopic (exact) mass is 868 g/mol. The van der Waals surface area contributed by atoms with Crippen LogP contribution in [-0.4, -0.2) is 4.57 Å². The number of anilines is 3. The molecule has 0 N–H and O–H groups in total. The molecule has 1 fully saturated rings. The summed E-state index contributed by atoms with van der Waals surface area (Å²) >= 11 is 0. The van der Waals surface area contributed by atoms with Crippen molar-refractivity contribution >= 4 is 38.9 Å². The fourth-order valence-corrected chi connectivity index (χ4v) is 12.5. The summed E-state index contributed by atoms with van der Waals surface area (Å²) in [4.78, 5) is 2.39. The van der Waals surface area contributed by atoms with Crippen LogP contribution in [0.2, 0.25) is 0 Å². The number of para-hydroxylation sites is 2. The Hall–Kier alpha value is -8.20. The second-order valence-electron chi connectivity index (χ2n) is 19.1. The lowest BCUT2D eigenvalue weighted by atomic mass is 9.67. The van der Waals surface area contributed by atoms with Crippen LogP contribution in [0.15, 0.2) is 231 Å². The molecule has 0 amide bonds. The van der Waals surface area contributed by atoms with E-state index in [9.17, 15) is 0 Å². The molecule has 2 aliphatic carbocycles. The summed E-state index contributed by atoms with van der Waals surface area (Å²) in [5.41, 5.74) is 25.8. The molecular formula is C66H48N2. The Labute approximate surface area is 398 Å². The van der Waals surface area contributed by atoms with Crippen molar-refractivity contribution in [2.24, 2.45) is 0 Å². The molecule has 68 heavy (non-hydrogen) atoms. The van der Waals surface area contributed by atoms with Crippen LogP contribution in [0.4, 0.5) is 17.1 Å². The van der Waals surface area contributed by atoms with Gasteiger partial charge in [-0.1, -0.05) is 195 Å². The Kier molecular flexibility index (Phi) is 8.86. The van der Waals surface area contributed by atoms with Crippen LogP contribution in [0.25, 0.3) is 94.3 Å². The fraction of sp³-hybridized carbons (Fsp3) is 0.0909. The largest absolute Gasteiger partial charge is 0.310 e. The van der Waals surface area contributed by atoms with Crippen molar-refractivity contribution in [3.05, 3.63) is 242 Å². The Morgan fingerprint density at radius 3 is 1.59 bits per heavy atom. The van der Waals surface area contributed by atoms with Gasteiger partial charge in [-0.25, -0.2) is 0 Å². The van der Waals surface area contributed by atoms with E-state index in [0.29, 0.717) is 0 Å². The van der Waals surface area contributed by atoms with Crippen LogP contribution in [0, 0.1) is 0 Å². The molecule has 322 valence electrons. The third-order valence-electron chi connectivity index (χ3n) is 15.5. The average molecular weight is 869 g/mol. The third kappa shape index (κ3) is 5.90. The highest BCUT2D eigenvalue weighted by atomic mass is 15.1. The summed E-state index contributed by atoms with van der Waals surface area (Å²) in [6.45, 7) is 0. The second-order valence-corrected chi connectivity index (χ2v) is 19.1. The molecule has 2 heterocycles. The van der Waals surface area contributed by atoms with E-state index in [-0.39, 0.29) is 5.41 Å². The molecule has 1 aromatic heterocycles. The molecular weight excluding hydrogens is 821 g/mol. The lowest BCUT2D eigenvalue weighted by Gasteiger charge is -2.36. The minimum atomic E-state index is 0.0245. The summed E-state index contributed by atoms with van der Waals surface area (Å²) in [7, 11) is 0. The van der Waals surface area contributed by atoms with E-state index in [0.717, 1.165) is 17.1 Å². The van der Waals surface area contributed by atoms with Gasteiger partial charge in [0.15, 0.2) is 0 Å². The van der Waals surface area contributed by atoms with E-state index < -0.39 is 0 Å². The molecule has 0 radical (unpaired) electrons. The van der Waals surface area contributed by atoms with Crippen LogP contribution in [0.3, 0.4) is 0 Å². The number of nitrogens with zero attached hydrogens (tertiary/aromatic N) is 2. The zero-order valence-corrected chi connectivity index (χ0v) is 37.9. The standard InChI is InChI=1S/C66H48N2/c1-4-17-44(18-5-1)49-21-14-23-52(41-49)67(53-24-15-22-50(42-53)45-19-6-2-7-20-45)51-37-35-47(36-38-51)46-31-33-48(34-32-46)57-43-59-64-63-55(27-16-28-58(63)66(59)39-12-3-13-40-66)54-25-8-10-29-60(54)68-61-30-11-9-26-56(61)62(57)65(64)68/h1-2,4-11,14-38,41-43H,3,12-13,39-40H2. The van der Waals surface area contributed by atoms with E-state index in [1.54, 1.807) is 5.56 Å². The normalized spacial score (nSPS) is 14.0. The lowest BCUT2D eigenvalue weighted by Crippen LogP contribution is -2.28. The maximum absolute atomic E-state index is 2.64. The predicted molar refractivity (Wildman–Crippen MR) is 286 cm³/mol. The summed E-state index contributed by atoms with van der Waals surface area (Å²) in [6, 6.07) is 85.7. The van der Waals surface area contributed by atoms with Gasteiger partial charge in [-0.15, -0.1) is 0 Å². The molecule has 0 atom stereocenters. The van der Waals surface area contributed by atoms with Gasteiger partial charge < -0.3 is 9.47 Å². The van der Waals surface area contributed by atoms with Crippen LogP contribution in [-0.2, 0) is 5.41 Å². The highest BCUT2D eigenvalue weighted by Gasteiger charge is 2.47. The molecule has 3 aliphatic rings. The van der Waals surface area contributed by atoms with Gasteiger partial charge in [0.2, 0.25) is 0 Å². The van der Waals surface area contributed by atoms with Crippen molar-refractivity contribution in [3.8, 4) is 72.4 Å². The molecule has 1 spiro atoms. The van der Waals surface area contributed by atoms with E-state index in [1.807, 2.05) is 0 Å². The van der Waals surface area contributed by atoms with Crippen molar-refractivity contribution in [3.63, 3.8) is 0 Å². The van der Waals surface area contributed by atoms with E-state index in [2.05, 4.69) is 240 Å². The molecule has 0 bridgehead atoms. The molecule has 2 nitrogen and oxygen atoms in total. The second kappa shape index (κ2) is 15.4. The van der Waals surface area contributed by atoms with Crippen molar-refractivity contribution in [1.29, 1.82) is 0 Å². The zero-order chi connectivity index (χ0) is 44.8. The molecule has 1 aliphatic heterocycles. The van der Waals surface area contributed by atoms with Gasteiger partial charge in [0.05, 0.1) is 16.7 Å². The van der Waals surface area contributed by atoms with Crippen molar-refractivity contribution < 1.29 is 0 Å². The quantitative estimate of drug-likeness (QED) is 0.155. The number of benzene rings is 10. The Morgan fingerprint density at radius 1 is 0.353 bits per heavy atom. The number of fused-ring (bicyclic) bond motifs is 8. The number of rotatable bonds is 7. The highest BCUT2D eigenvalue weighted by molar-refractivity contribution is 6.23. The van der Waals surface area contributed by atoms with Crippen LogP contribution >= 0.6 is 0 Å².